The van der Waals surface area contributed by atoms with Gasteiger partial charge >= 0.3 is 0 Å². The lowest BCUT2D eigenvalue weighted by Gasteiger charge is -2.01. The van der Waals surface area contributed by atoms with Gasteiger partial charge < -0.3 is 0 Å². The van der Waals surface area contributed by atoms with Crippen molar-refractivity contribution in [2.75, 3.05) is 12.5 Å². The molecule has 0 spiro atoms. The van der Waals surface area contributed by atoms with E-state index >= 15 is 0 Å². The van der Waals surface area contributed by atoms with Gasteiger partial charge in [-0.15, -0.1) is 0 Å². The minimum absolute atomic E-state index is 0.0881. The fourth-order valence-corrected chi connectivity index (χ4v) is 3.58. The number of rotatable bonds is 3. The first kappa shape index (κ1) is 13.4. The monoisotopic (exact) mass is 278 g/mol. The van der Waals surface area contributed by atoms with Crippen molar-refractivity contribution in [2.24, 2.45) is 0 Å². The predicted octanol–water partition coefficient (Wildman–Crippen LogP) is 2.06. The van der Waals surface area contributed by atoms with Crippen LogP contribution in [0.5, 0.6) is 0 Å². The zero-order chi connectivity index (χ0) is 12.3. The molecule has 88 valence electrons. The van der Waals surface area contributed by atoms with Crippen LogP contribution in [0.3, 0.4) is 0 Å². The van der Waals surface area contributed by atoms with E-state index in [-0.39, 0.29) is 4.24 Å². The number of benzene rings is 1. The molecule has 16 heavy (non-hydrogen) atoms. The normalized spacial score (nSPS) is 14.8. The van der Waals surface area contributed by atoms with E-state index in [2.05, 4.69) is 0 Å². The molecule has 0 aliphatic carbocycles. The molecule has 0 bridgehead atoms. The second-order valence-corrected chi connectivity index (χ2v) is 7.27. The van der Waals surface area contributed by atoms with Crippen LogP contribution in [-0.2, 0) is 20.6 Å². The summed E-state index contributed by atoms with van der Waals surface area (Å²) in [5.41, 5.74) is 0.653. The molecule has 0 aliphatic rings. The number of halogens is 1. The molecule has 0 aromatic heterocycles. The Labute approximate surface area is 103 Å². The first-order valence-corrected chi connectivity index (χ1v) is 8.14. The Morgan fingerprint density at radius 2 is 1.81 bits per heavy atom. The van der Waals surface area contributed by atoms with Gasteiger partial charge in [0.15, 0.2) is 9.84 Å². The standard InChI is InChI=1S/C10H11ClO3S2/c1-15(12)10(16(2,13)14)7-8-3-5-9(11)6-4-8/h3-7H,1-2H3/b10-7-. The lowest BCUT2D eigenvalue weighted by atomic mass is 10.2. The molecule has 1 rings (SSSR count). The highest BCUT2D eigenvalue weighted by atomic mass is 35.5. The molecule has 0 radical (unpaired) electrons. The van der Waals surface area contributed by atoms with Gasteiger partial charge in [-0.1, -0.05) is 23.7 Å². The SMILES string of the molecule is CS(=O)/C(=C/c1ccc(Cl)cc1)S(C)(=O)=O. The molecule has 1 aromatic rings. The Morgan fingerprint density at radius 3 is 2.19 bits per heavy atom. The van der Waals surface area contributed by atoms with Crippen LogP contribution in [0.25, 0.3) is 6.08 Å². The lowest BCUT2D eigenvalue weighted by molar-refractivity contribution is 0.609. The van der Waals surface area contributed by atoms with Crippen molar-refractivity contribution in [1.29, 1.82) is 0 Å². The largest absolute Gasteiger partial charge is 0.254 e. The Morgan fingerprint density at radius 1 is 1.31 bits per heavy atom. The van der Waals surface area contributed by atoms with Gasteiger partial charge in [-0.05, 0) is 23.8 Å². The summed E-state index contributed by atoms with van der Waals surface area (Å²) < 4.78 is 33.9. The third-order valence-electron chi connectivity index (χ3n) is 1.80. The van der Waals surface area contributed by atoms with Crippen molar-refractivity contribution in [3.63, 3.8) is 0 Å². The van der Waals surface area contributed by atoms with Crippen molar-refractivity contribution >= 4 is 38.3 Å². The van der Waals surface area contributed by atoms with E-state index in [0.29, 0.717) is 10.6 Å². The summed E-state index contributed by atoms with van der Waals surface area (Å²) in [7, 11) is -4.98. The Kier molecular flexibility index (Phi) is 4.29. The number of sulfone groups is 1. The van der Waals surface area contributed by atoms with Crippen LogP contribution < -0.4 is 0 Å². The fraction of sp³-hybridized carbons (Fsp3) is 0.200. The van der Waals surface area contributed by atoms with E-state index in [9.17, 15) is 12.6 Å². The van der Waals surface area contributed by atoms with Gasteiger partial charge in [-0.3, -0.25) is 4.21 Å². The maximum atomic E-state index is 11.4. The van der Waals surface area contributed by atoms with Crippen molar-refractivity contribution in [3.05, 3.63) is 39.1 Å². The molecule has 0 heterocycles. The van der Waals surface area contributed by atoms with Crippen LogP contribution in [0.1, 0.15) is 5.56 Å². The lowest BCUT2D eigenvalue weighted by Crippen LogP contribution is -2.05. The van der Waals surface area contributed by atoms with Crippen molar-refractivity contribution in [3.8, 4) is 0 Å². The minimum Gasteiger partial charge on any atom is -0.254 e. The molecule has 1 unspecified atom stereocenters. The van der Waals surface area contributed by atoms with E-state index < -0.39 is 20.6 Å². The van der Waals surface area contributed by atoms with Gasteiger partial charge in [0.25, 0.3) is 0 Å². The zero-order valence-corrected chi connectivity index (χ0v) is 11.2. The molecule has 0 N–H and O–H groups in total. The molecule has 0 amide bonds. The van der Waals surface area contributed by atoms with Gasteiger partial charge in [0.05, 0.1) is 10.8 Å². The van der Waals surface area contributed by atoms with E-state index in [1.54, 1.807) is 24.3 Å². The van der Waals surface area contributed by atoms with E-state index in [4.69, 9.17) is 11.6 Å². The topological polar surface area (TPSA) is 51.2 Å². The smallest absolute Gasteiger partial charge is 0.183 e. The average molecular weight is 279 g/mol. The van der Waals surface area contributed by atoms with Crippen LogP contribution >= 0.6 is 11.6 Å². The van der Waals surface area contributed by atoms with Crippen LogP contribution in [-0.4, -0.2) is 25.1 Å². The summed E-state index contributed by atoms with van der Waals surface area (Å²) in [6, 6.07) is 6.62. The maximum Gasteiger partial charge on any atom is 0.183 e. The molecular formula is C10H11ClO3S2. The summed E-state index contributed by atoms with van der Waals surface area (Å²) in [5.74, 6) is 0. The second-order valence-electron chi connectivity index (χ2n) is 3.24. The summed E-state index contributed by atoms with van der Waals surface area (Å²) in [5, 5.41) is 0.565. The van der Waals surface area contributed by atoms with Crippen LogP contribution in [0.15, 0.2) is 28.5 Å². The molecule has 0 fully saturated rings. The van der Waals surface area contributed by atoms with Crippen LogP contribution in [0, 0.1) is 0 Å². The molecule has 0 saturated heterocycles. The van der Waals surface area contributed by atoms with Gasteiger partial charge in [0.1, 0.15) is 4.24 Å². The second kappa shape index (κ2) is 5.12. The highest BCUT2D eigenvalue weighted by Gasteiger charge is 2.15. The molecule has 1 atom stereocenters. The number of hydrogen-bond donors (Lipinski definition) is 0. The van der Waals surface area contributed by atoms with E-state index in [0.717, 1.165) is 6.26 Å². The van der Waals surface area contributed by atoms with Gasteiger partial charge in [-0.25, -0.2) is 8.42 Å². The fourth-order valence-electron chi connectivity index (χ4n) is 1.10. The molecule has 0 aliphatic heterocycles. The van der Waals surface area contributed by atoms with Crippen molar-refractivity contribution in [1.82, 2.24) is 0 Å². The highest BCUT2D eigenvalue weighted by molar-refractivity contribution is 8.11. The third kappa shape index (κ3) is 3.73. The van der Waals surface area contributed by atoms with Crippen molar-refractivity contribution < 1.29 is 12.6 Å². The van der Waals surface area contributed by atoms with Gasteiger partial charge in [0.2, 0.25) is 0 Å². The molecule has 3 nitrogen and oxygen atoms in total. The maximum absolute atomic E-state index is 11.4. The summed E-state index contributed by atoms with van der Waals surface area (Å²) in [6.45, 7) is 0. The van der Waals surface area contributed by atoms with Gasteiger partial charge in [-0.2, -0.15) is 0 Å². The average Bonchev–Trinajstić information content (AvgIpc) is 2.14. The third-order valence-corrected chi connectivity index (χ3v) is 5.20. The first-order chi connectivity index (χ1) is 7.30. The minimum atomic E-state index is -3.44. The molecule has 0 saturated carbocycles. The Balaban J connectivity index is 3.24. The molecule has 1 aromatic carbocycles. The zero-order valence-electron chi connectivity index (χ0n) is 8.81. The van der Waals surface area contributed by atoms with E-state index in [1.807, 2.05) is 0 Å². The summed E-state index contributed by atoms with van der Waals surface area (Å²) in [6.07, 6.45) is 3.76. The Hall–Kier alpha value is -0.650. The summed E-state index contributed by atoms with van der Waals surface area (Å²) >= 11 is 5.70. The predicted molar refractivity (Wildman–Crippen MR) is 68.3 cm³/mol. The number of hydrogen-bond acceptors (Lipinski definition) is 3. The molecule has 6 heteroatoms. The van der Waals surface area contributed by atoms with Gasteiger partial charge in [0, 0.05) is 17.5 Å². The first-order valence-electron chi connectivity index (χ1n) is 4.31. The Bertz CT molecular complexity index is 530. The highest BCUT2D eigenvalue weighted by Crippen LogP contribution is 2.16. The van der Waals surface area contributed by atoms with Crippen molar-refractivity contribution in [2.45, 2.75) is 0 Å². The van der Waals surface area contributed by atoms with Crippen LogP contribution in [0.2, 0.25) is 5.02 Å². The summed E-state index contributed by atoms with van der Waals surface area (Å²) in [4.78, 5) is 0. The van der Waals surface area contributed by atoms with E-state index in [1.165, 1.54) is 12.3 Å². The molecular weight excluding hydrogens is 268 g/mol. The quantitative estimate of drug-likeness (QED) is 0.850. The van der Waals surface area contributed by atoms with Crippen LogP contribution in [0.4, 0.5) is 0 Å².